The fourth-order valence-corrected chi connectivity index (χ4v) is 1.68. The highest BCUT2D eigenvalue weighted by atomic mass is 16.6. The Morgan fingerprint density at radius 2 is 2.00 bits per heavy atom. The molecule has 0 amide bonds. The molecule has 0 radical (unpaired) electrons. The Balaban J connectivity index is 2.63. The lowest BCUT2D eigenvalue weighted by Gasteiger charge is -2.16. The maximum Gasteiger partial charge on any atom is 0.486 e. The molecule has 1 aromatic carbocycles. The molecule has 0 aliphatic carbocycles. The predicted octanol–water partition coefficient (Wildman–Crippen LogP) is 2.62. The Kier molecular flexibility index (Phi) is 7.66. The van der Waals surface area contributed by atoms with Gasteiger partial charge in [0.1, 0.15) is 5.76 Å². The highest BCUT2D eigenvalue weighted by Crippen LogP contribution is 2.15. The van der Waals surface area contributed by atoms with E-state index in [9.17, 15) is 5.02 Å². The lowest BCUT2D eigenvalue weighted by Crippen LogP contribution is -2.19. The van der Waals surface area contributed by atoms with Crippen LogP contribution in [0, 0.1) is 0 Å². The first kappa shape index (κ1) is 18.5. The van der Waals surface area contributed by atoms with E-state index >= 15 is 0 Å². The minimum Gasteiger partial charge on any atom is -0.423 e. The number of rotatable bonds is 9. The summed E-state index contributed by atoms with van der Waals surface area (Å²) in [6.45, 7) is 10.8. The van der Waals surface area contributed by atoms with Gasteiger partial charge in [-0.1, -0.05) is 24.8 Å². The number of benzene rings is 1. The van der Waals surface area contributed by atoms with Gasteiger partial charge in [0.15, 0.2) is 0 Å². The van der Waals surface area contributed by atoms with Gasteiger partial charge in [-0.3, -0.25) is 0 Å². The Bertz CT molecular complexity index is 587. The van der Waals surface area contributed by atoms with Crippen LogP contribution in [0.4, 0.5) is 5.69 Å². The standard InChI is InChI=1S/C16H22BN3O3/c1-13(17(21)22-5)11-14(2)19-23-15(3)12-20(18-4)16-9-7-6-8-10-16/h6-12,19,21H,2,4H2,1,3,5H3/b13-11+,15-12+. The van der Waals surface area contributed by atoms with Crippen LogP contribution in [-0.4, -0.2) is 26.0 Å². The Labute approximate surface area is 137 Å². The van der Waals surface area contributed by atoms with Gasteiger partial charge in [-0.2, -0.15) is 5.10 Å². The fraction of sp³-hybridized carbons (Fsp3) is 0.188. The van der Waals surface area contributed by atoms with Gasteiger partial charge in [0.2, 0.25) is 0 Å². The van der Waals surface area contributed by atoms with Crippen molar-refractivity contribution in [3.05, 3.63) is 66.1 Å². The van der Waals surface area contributed by atoms with Crippen LogP contribution in [0.15, 0.2) is 71.2 Å². The van der Waals surface area contributed by atoms with Crippen LogP contribution >= 0.6 is 0 Å². The van der Waals surface area contributed by atoms with Gasteiger partial charge < -0.3 is 14.5 Å². The van der Waals surface area contributed by atoms with Crippen molar-refractivity contribution < 1.29 is 14.5 Å². The zero-order valence-corrected chi connectivity index (χ0v) is 13.7. The number of anilines is 1. The summed E-state index contributed by atoms with van der Waals surface area (Å²) in [6.07, 6.45) is 3.31. The second-order valence-corrected chi connectivity index (χ2v) is 4.77. The molecular weight excluding hydrogens is 293 g/mol. The summed E-state index contributed by atoms with van der Waals surface area (Å²) in [7, 11) is 0.450. The van der Waals surface area contributed by atoms with Crippen LogP contribution in [0.3, 0.4) is 0 Å². The molecule has 0 bridgehead atoms. The van der Waals surface area contributed by atoms with Crippen LogP contribution in [0.2, 0.25) is 0 Å². The second-order valence-electron chi connectivity index (χ2n) is 4.77. The number of nitrogens with one attached hydrogen (secondary N) is 1. The maximum atomic E-state index is 9.49. The molecule has 0 heterocycles. The molecule has 0 fully saturated rings. The van der Waals surface area contributed by atoms with E-state index in [1.807, 2.05) is 30.3 Å². The van der Waals surface area contributed by atoms with E-state index in [1.54, 1.807) is 31.1 Å². The minimum absolute atomic E-state index is 0.476. The third-order valence-corrected chi connectivity index (χ3v) is 2.83. The molecule has 1 aromatic rings. The lowest BCUT2D eigenvalue weighted by atomic mass is 9.79. The Hall–Kier alpha value is -2.51. The zero-order valence-electron chi connectivity index (χ0n) is 13.7. The Morgan fingerprint density at radius 3 is 2.57 bits per heavy atom. The number of hydrogen-bond acceptors (Lipinski definition) is 6. The molecule has 0 unspecified atom stereocenters. The molecule has 0 aliphatic rings. The molecule has 6 nitrogen and oxygen atoms in total. The van der Waals surface area contributed by atoms with Gasteiger partial charge in [-0.15, -0.1) is 0 Å². The zero-order chi connectivity index (χ0) is 17.2. The molecule has 0 atom stereocenters. The Morgan fingerprint density at radius 1 is 1.35 bits per heavy atom. The number of hydrogen-bond donors (Lipinski definition) is 2. The van der Waals surface area contributed by atoms with Crippen LogP contribution in [0.5, 0.6) is 0 Å². The summed E-state index contributed by atoms with van der Waals surface area (Å²) in [5.41, 5.74) is 4.62. The summed E-state index contributed by atoms with van der Waals surface area (Å²) in [5.74, 6) is 0.556. The average molecular weight is 315 g/mol. The van der Waals surface area contributed by atoms with E-state index in [0.29, 0.717) is 16.9 Å². The molecule has 122 valence electrons. The van der Waals surface area contributed by atoms with Gasteiger partial charge in [0.25, 0.3) is 0 Å². The largest absolute Gasteiger partial charge is 0.486 e. The van der Waals surface area contributed by atoms with Crippen molar-refractivity contribution in [1.82, 2.24) is 5.48 Å². The maximum absolute atomic E-state index is 9.49. The van der Waals surface area contributed by atoms with E-state index in [0.717, 1.165) is 5.69 Å². The molecular formula is C16H22BN3O3. The summed E-state index contributed by atoms with van der Waals surface area (Å²) in [5, 5.41) is 15.0. The van der Waals surface area contributed by atoms with Crippen molar-refractivity contribution in [1.29, 1.82) is 0 Å². The van der Waals surface area contributed by atoms with E-state index in [-0.39, 0.29) is 0 Å². The quantitative estimate of drug-likeness (QED) is 0.241. The van der Waals surface area contributed by atoms with E-state index < -0.39 is 7.12 Å². The molecule has 7 heteroatoms. The summed E-state index contributed by atoms with van der Waals surface area (Å²) in [4.78, 5) is 5.39. The third-order valence-electron chi connectivity index (χ3n) is 2.83. The number of allylic oxidation sites excluding steroid dienone is 3. The van der Waals surface area contributed by atoms with Crippen molar-refractivity contribution in [2.45, 2.75) is 13.8 Å². The first-order valence-electron chi connectivity index (χ1n) is 6.98. The molecule has 0 aliphatic heterocycles. The lowest BCUT2D eigenvalue weighted by molar-refractivity contribution is 0.136. The first-order valence-corrected chi connectivity index (χ1v) is 6.98. The van der Waals surface area contributed by atoms with Crippen molar-refractivity contribution in [3.63, 3.8) is 0 Å². The number of hydroxylamine groups is 1. The third kappa shape index (κ3) is 6.42. The summed E-state index contributed by atoms with van der Waals surface area (Å²) >= 11 is 0. The van der Waals surface area contributed by atoms with Gasteiger partial charge in [-0.05, 0) is 37.5 Å². The fourth-order valence-electron chi connectivity index (χ4n) is 1.68. The number of hydrazone groups is 1. The summed E-state index contributed by atoms with van der Waals surface area (Å²) in [6, 6.07) is 9.55. The predicted molar refractivity (Wildman–Crippen MR) is 94.3 cm³/mol. The normalized spacial score (nSPS) is 11.7. The van der Waals surface area contributed by atoms with Gasteiger partial charge in [0.05, 0.1) is 17.6 Å². The van der Waals surface area contributed by atoms with Crippen molar-refractivity contribution in [3.8, 4) is 0 Å². The topological polar surface area (TPSA) is 66.3 Å². The second kappa shape index (κ2) is 9.50. The van der Waals surface area contributed by atoms with E-state index in [4.69, 9.17) is 9.49 Å². The summed E-state index contributed by atoms with van der Waals surface area (Å²) < 4.78 is 4.79. The molecule has 1 rings (SSSR count). The monoisotopic (exact) mass is 315 g/mol. The van der Waals surface area contributed by atoms with Gasteiger partial charge in [0, 0.05) is 13.8 Å². The smallest absolute Gasteiger partial charge is 0.423 e. The molecule has 0 spiro atoms. The van der Waals surface area contributed by atoms with Crippen LogP contribution in [0.1, 0.15) is 13.8 Å². The average Bonchev–Trinajstić information content (AvgIpc) is 2.57. The van der Waals surface area contributed by atoms with Crippen molar-refractivity contribution in [2.75, 3.05) is 12.1 Å². The highest BCUT2D eigenvalue weighted by Gasteiger charge is 2.13. The molecule has 0 saturated heterocycles. The molecule has 0 saturated carbocycles. The van der Waals surface area contributed by atoms with Crippen molar-refractivity contribution in [2.24, 2.45) is 5.10 Å². The van der Waals surface area contributed by atoms with E-state index in [1.165, 1.54) is 7.11 Å². The molecule has 0 aromatic heterocycles. The number of nitrogens with zero attached hydrogens (tertiary/aromatic N) is 2. The van der Waals surface area contributed by atoms with Crippen LogP contribution < -0.4 is 10.5 Å². The van der Waals surface area contributed by atoms with Gasteiger partial charge >= 0.3 is 7.12 Å². The van der Waals surface area contributed by atoms with Crippen molar-refractivity contribution >= 4 is 19.5 Å². The molecule has 2 N–H and O–H groups in total. The number of para-hydroxylation sites is 1. The van der Waals surface area contributed by atoms with E-state index in [2.05, 4.69) is 23.9 Å². The van der Waals surface area contributed by atoms with Crippen LogP contribution in [-0.2, 0) is 9.49 Å². The van der Waals surface area contributed by atoms with Gasteiger partial charge in [-0.25, -0.2) is 10.5 Å². The first-order chi connectivity index (χ1) is 11.0. The SMILES string of the molecule is C=NN(/C=C(\C)ONC(=C)/C=C(\C)B(O)OC)c1ccccc1. The highest BCUT2D eigenvalue weighted by molar-refractivity contribution is 6.52. The molecule has 23 heavy (non-hydrogen) atoms. The minimum atomic E-state index is -0.969. The van der Waals surface area contributed by atoms with Crippen LogP contribution in [0.25, 0.3) is 0 Å².